The molecule has 0 saturated heterocycles. The second-order valence-corrected chi connectivity index (χ2v) is 9.36. The maximum Gasteiger partial charge on any atom is 0.326 e. The van der Waals surface area contributed by atoms with Gasteiger partial charge in [0, 0.05) is 16.2 Å². The highest BCUT2D eigenvalue weighted by atomic mass is 32.2. The van der Waals surface area contributed by atoms with Crippen molar-refractivity contribution in [3.63, 3.8) is 0 Å². The lowest BCUT2D eigenvalue weighted by molar-refractivity contribution is 0.244. The molecule has 1 aliphatic heterocycles. The highest BCUT2D eigenvalue weighted by Crippen LogP contribution is 2.39. The first-order valence-corrected chi connectivity index (χ1v) is 12.7. The Morgan fingerprint density at radius 1 is 1.03 bits per heavy atom. The highest BCUT2D eigenvalue weighted by Gasteiger charge is 2.36. The lowest BCUT2D eigenvalue weighted by Gasteiger charge is -2.35. The van der Waals surface area contributed by atoms with E-state index in [1.807, 2.05) is 92.9 Å². The van der Waals surface area contributed by atoms with Crippen LogP contribution in [0.5, 0.6) is 5.75 Å². The van der Waals surface area contributed by atoms with Crippen molar-refractivity contribution in [3.8, 4) is 17.1 Å². The predicted molar refractivity (Wildman–Crippen MR) is 142 cm³/mol. The van der Waals surface area contributed by atoms with Crippen LogP contribution in [0, 0.1) is 6.92 Å². The summed E-state index contributed by atoms with van der Waals surface area (Å²) in [6, 6.07) is 22.8. The predicted octanol–water partition coefficient (Wildman–Crippen LogP) is 6.48. The number of hydrogen-bond donors (Lipinski definition) is 1. The van der Waals surface area contributed by atoms with Gasteiger partial charge >= 0.3 is 6.03 Å². The molecule has 1 N–H and O–H groups in total. The van der Waals surface area contributed by atoms with E-state index in [0.29, 0.717) is 11.7 Å². The third kappa shape index (κ3) is 4.47. The lowest BCUT2D eigenvalue weighted by Crippen LogP contribution is -2.46. The maximum absolute atomic E-state index is 13.4. The minimum absolute atomic E-state index is 0.212. The van der Waals surface area contributed by atoms with Crippen LogP contribution in [0.1, 0.15) is 30.0 Å². The Morgan fingerprint density at radius 3 is 2.44 bits per heavy atom. The van der Waals surface area contributed by atoms with E-state index in [0.717, 1.165) is 44.3 Å². The molecule has 1 unspecified atom stereocenters. The third-order valence-electron chi connectivity index (χ3n) is 6.20. The van der Waals surface area contributed by atoms with Crippen LogP contribution in [0.3, 0.4) is 0 Å². The SMILES string of the molecule is COc1ccc(-c2noc(C3=C(C)N(c4cccc(C)c4)C(=O)NC3c3ccc(SC)cc3)n2)cc1. The number of nitrogens with one attached hydrogen (secondary N) is 1. The van der Waals surface area contributed by atoms with Crippen molar-refractivity contribution in [2.75, 3.05) is 18.3 Å². The van der Waals surface area contributed by atoms with E-state index >= 15 is 0 Å². The molecule has 0 radical (unpaired) electrons. The molecule has 182 valence electrons. The van der Waals surface area contributed by atoms with Gasteiger partial charge in [-0.15, -0.1) is 11.8 Å². The Bertz CT molecular complexity index is 1430. The number of urea groups is 1. The van der Waals surface area contributed by atoms with Gasteiger partial charge in [-0.25, -0.2) is 4.79 Å². The monoisotopic (exact) mass is 498 g/mol. The molecule has 1 aliphatic rings. The van der Waals surface area contributed by atoms with Gasteiger partial charge < -0.3 is 14.6 Å². The van der Waals surface area contributed by atoms with E-state index in [-0.39, 0.29) is 6.03 Å². The topological polar surface area (TPSA) is 80.5 Å². The molecule has 1 atom stereocenters. The van der Waals surface area contributed by atoms with Crippen LogP contribution >= 0.6 is 11.8 Å². The largest absolute Gasteiger partial charge is 0.497 e. The number of thioether (sulfide) groups is 1. The number of carbonyl (C=O) groups excluding carboxylic acids is 1. The minimum atomic E-state index is -0.446. The number of allylic oxidation sites excluding steroid dienone is 1. The van der Waals surface area contributed by atoms with E-state index in [4.69, 9.17) is 14.2 Å². The van der Waals surface area contributed by atoms with Gasteiger partial charge in [-0.3, -0.25) is 4.90 Å². The molecule has 0 bridgehead atoms. The van der Waals surface area contributed by atoms with E-state index in [9.17, 15) is 4.79 Å². The number of hydrogen-bond acceptors (Lipinski definition) is 6. The van der Waals surface area contributed by atoms with E-state index in [1.54, 1.807) is 23.8 Å². The average molecular weight is 499 g/mol. The molecule has 0 saturated carbocycles. The zero-order valence-corrected chi connectivity index (χ0v) is 21.3. The van der Waals surface area contributed by atoms with E-state index in [1.165, 1.54) is 0 Å². The number of nitrogens with zero attached hydrogens (tertiary/aromatic N) is 3. The summed E-state index contributed by atoms with van der Waals surface area (Å²) in [6.07, 6.45) is 2.03. The summed E-state index contributed by atoms with van der Waals surface area (Å²) < 4.78 is 11.0. The normalized spacial score (nSPS) is 15.7. The van der Waals surface area contributed by atoms with Gasteiger partial charge in [-0.05, 0) is 79.8 Å². The zero-order chi connectivity index (χ0) is 25.2. The minimum Gasteiger partial charge on any atom is -0.497 e. The summed E-state index contributed by atoms with van der Waals surface area (Å²) >= 11 is 1.67. The smallest absolute Gasteiger partial charge is 0.326 e. The summed E-state index contributed by atoms with van der Waals surface area (Å²) in [5.74, 6) is 1.57. The quantitative estimate of drug-likeness (QED) is 0.307. The van der Waals surface area contributed by atoms with Crippen LogP contribution in [0.25, 0.3) is 17.0 Å². The maximum atomic E-state index is 13.4. The molecule has 0 spiro atoms. The number of amides is 2. The molecule has 4 aromatic rings. The fourth-order valence-corrected chi connectivity index (χ4v) is 4.74. The third-order valence-corrected chi connectivity index (χ3v) is 6.94. The zero-order valence-electron chi connectivity index (χ0n) is 20.5. The van der Waals surface area contributed by atoms with Gasteiger partial charge in [0.1, 0.15) is 5.75 Å². The fourth-order valence-electron chi connectivity index (χ4n) is 4.33. The molecular weight excluding hydrogens is 472 g/mol. The number of carbonyl (C=O) groups is 1. The first kappa shape index (κ1) is 23.7. The Kier molecular flexibility index (Phi) is 6.52. The molecule has 2 amide bonds. The van der Waals surface area contributed by atoms with Crippen LogP contribution in [0.4, 0.5) is 10.5 Å². The van der Waals surface area contributed by atoms with Gasteiger partial charge in [0.15, 0.2) is 0 Å². The Morgan fingerprint density at radius 2 is 1.78 bits per heavy atom. The first-order valence-electron chi connectivity index (χ1n) is 11.5. The summed E-state index contributed by atoms with van der Waals surface area (Å²) in [6.45, 7) is 3.91. The average Bonchev–Trinajstić information content (AvgIpc) is 3.38. The molecule has 0 aliphatic carbocycles. The second-order valence-electron chi connectivity index (χ2n) is 8.48. The number of ether oxygens (including phenoxy) is 1. The molecule has 1 aromatic heterocycles. The van der Waals surface area contributed by atoms with E-state index in [2.05, 4.69) is 10.5 Å². The van der Waals surface area contributed by atoms with Crippen LogP contribution in [-0.2, 0) is 0 Å². The van der Waals surface area contributed by atoms with Crippen LogP contribution < -0.4 is 15.0 Å². The molecule has 8 heteroatoms. The summed E-state index contributed by atoms with van der Waals surface area (Å²) in [7, 11) is 1.62. The summed E-state index contributed by atoms with van der Waals surface area (Å²) in [5, 5.41) is 7.40. The number of anilines is 1. The molecule has 5 rings (SSSR count). The number of aromatic nitrogens is 2. The van der Waals surface area contributed by atoms with Crippen molar-refractivity contribution in [1.29, 1.82) is 0 Å². The molecule has 36 heavy (non-hydrogen) atoms. The standard InChI is InChI=1S/C28H26N4O3S/c1-17-6-5-7-21(16-17)32-18(2)24(25(29-28(32)33)19-10-14-23(36-4)15-11-19)27-30-26(31-35-27)20-8-12-22(34-3)13-9-20/h5-16,25H,1-4H3,(H,29,33). The van der Waals surface area contributed by atoms with Gasteiger partial charge in [0.25, 0.3) is 5.89 Å². The molecule has 3 aromatic carbocycles. The van der Waals surface area contributed by atoms with Gasteiger partial charge in [-0.2, -0.15) is 4.98 Å². The highest BCUT2D eigenvalue weighted by molar-refractivity contribution is 7.98. The Labute approximate surface area is 214 Å². The Hall–Kier alpha value is -4.04. The van der Waals surface area contributed by atoms with Crippen LogP contribution in [0.2, 0.25) is 0 Å². The van der Waals surface area contributed by atoms with Crippen LogP contribution in [-0.4, -0.2) is 29.5 Å². The second kappa shape index (κ2) is 9.91. The van der Waals surface area contributed by atoms with Crippen LogP contribution in [0.15, 0.2) is 87.9 Å². The molecule has 0 fully saturated rings. The number of benzene rings is 3. The molecule has 7 nitrogen and oxygen atoms in total. The van der Waals surface area contributed by atoms with Gasteiger partial charge in [0.2, 0.25) is 5.82 Å². The number of rotatable bonds is 6. The van der Waals surface area contributed by atoms with Crippen molar-refractivity contribution >= 4 is 29.1 Å². The number of methoxy groups -OCH3 is 1. The first-order chi connectivity index (χ1) is 17.5. The summed E-state index contributed by atoms with van der Waals surface area (Å²) in [4.78, 5) is 20.9. The van der Waals surface area contributed by atoms with Gasteiger partial charge in [0.05, 0.1) is 24.4 Å². The van der Waals surface area contributed by atoms with Crippen molar-refractivity contribution in [1.82, 2.24) is 15.5 Å². The Balaban J connectivity index is 1.62. The van der Waals surface area contributed by atoms with Crippen molar-refractivity contribution < 1.29 is 14.1 Å². The number of aryl methyl sites for hydroxylation is 1. The summed E-state index contributed by atoms with van der Waals surface area (Å²) in [5.41, 5.74) is 5.05. The van der Waals surface area contributed by atoms with Gasteiger partial charge in [-0.1, -0.05) is 29.4 Å². The van der Waals surface area contributed by atoms with E-state index < -0.39 is 6.04 Å². The molecule has 2 heterocycles. The van der Waals surface area contributed by atoms with Crippen molar-refractivity contribution in [3.05, 3.63) is 95.5 Å². The van der Waals surface area contributed by atoms with Crippen molar-refractivity contribution in [2.24, 2.45) is 0 Å². The fraction of sp³-hybridized carbons (Fsp3) is 0.179. The molecular formula is C28H26N4O3S. The lowest BCUT2D eigenvalue weighted by atomic mass is 9.94. The van der Waals surface area contributed by atoms with Crippen molar-refractivity contribution in [2.45, 2.75) is 24.8 Å².